The number of hydrogen-bond acceptors (Lipinski definition) is 11. The first-order valence-corrected chi connectivity index (χ1v) is 9.05. The van der Waals surface area contributed by atoms with Crippen LogP contribution in [0, 0.1) is 0 Å². The van der Waals surface area contributed by atoms with Crippen molar-refractivity contribution in [2.24, 2.45) is 0 Å². The lowest BCUT2D eigenvalue weighted by atomic mass is 10.1. The van der Waals surface area contributed by atoms with Gasteiger partial charge in [-0.1, -0.05) is 0 Å². The highest BCUT2D eigenvalue weighted by atomic mass is 16.7. The number of aromatic hydroxyl groups is 4. The third-order valence-corrected chi connectivity index (χ3v) is 4.84. The summed E-state index contributed by atoms with van der Waals surface area (Å²) in [6.45, 7) is -0.393. The van der Waals surface area contributed by atoms with E-state index in [1.165, 1.54) is 6.07 Å². The average molecular weight is 434 g/mol. The van der Waals surface area contributed by atoms with Gasteiger partial charge in [0.2, 0.25) is 17.5 Å². The topological polar surface area (TPSA) is 190 Å². The molecule has 2 heterocycles. The van der Waals surface area contributed by atoms with E-state index >= 15 is 0 Å². The number of phenols is 4. The lowest BCUT2D eigenvalue weighted by Gasteiger charge is -2.34. The Hall–Kier alpha value is -3.51. The average Bonchev–Trinajstić information content (AvgIpc) is 2.71. The Morgan fingerprint density at radius 3 is 2.35 bits per heavy atom. The lowest BCUT2D eigenvalue weighted by Crippen LogP contribution is -2.55. The quantitative estimate of drug-likeness (QED) is 0.277. The van der Waals surface area contributed by atoms with E-state index in [1.54, 1.807) is 0 Å². The predicted molar refractivity (Wildman–Crippen MR) is 103 cm³/mol. The first-order valence-electron chi connectivity index (χ1n) is 9.05. The molecule has 0 bridgehead atoms. The second-order valence-electron chi connectivity index (χ2n) is 7.00. The van der Waals surface area contributed by atoms with Crippen molar-refractivity contribution in [1.82, 2.24) is 0 Å². The summed E-state index contributed by atoms with van der Waals surface area (Å²) in [4.78, 5) is 13.1. The molecule has 1 aliphatic heterocycles. The van der Waals surface area contributed by atoms with E-state index in [0.717, 1.165) is 24.3 Å². The number of aliphatic hydroxyl groups is 3. The zero-order valence-electron chi connectivity index (χ0n) is 15.7. The van der Waals surface area contributed by atoms with Crippen molar-refractivity contribution in [3.63, 3.8) is 0 Å². The van der Waals surface area contributed by atoms with Crippen molar-refractivity contribution in [2.45, 2.75) is 24.6 Å². The zero-order chi connectivity index (χ0) is 22.4. The second-order valence-corrected chi connectivity index (χ2v) is 7.00. The van der Waals surface area contributed by atoms with Gasteiger partial charge >= 0.3 is 0 Å². The van der Waals surface area contributed by atoms with E-state index in [-0.39, 0.29) is 28.0 Å². The minimum atomic E-state index is -1.73. The molecule has 4 rings (SSSR count). The molecule has 2 aromatic carbocycles. The van der Waals surface area contributed by atoms with Gasteiger partial charge in [-0.25, -0.2) is 0 Å². The zero-order valence-corrected chi connectivity index (χ0v) is 15.7. The van der Waals surface area contributed by atoms with Gasteiger partial charge in [-0.2, -0.15) is 0 Å². The normalized spacial score (nSPS) is 23.7. The minimum Gasteiger partial charge on any atom is -0.508 e. The largest absolute Gasteiger partial charge is 0.508 e. The molecular formula is C20H18O11. The van der Waals surface area contributed by atoms with Crippen LogP contribution in [0.1, 0.15) is 0 Å². The van der Waals surface area contributed by atoms with Crippen LogP contribution in [0.15, 0.2) is 39.5 Å². The molecule has 0 aliphatic carbocycles. The Morgan fingerprint density at radius 1 is 0.903 bits per heavy atom. The number of aliphatic hydroxyl groups excluding tert-OH is 3. The van der Waals surface area contributed by atoms with Gasteiger partial charge in [0.05, 0.1) is 6.61 Å². The van der Waals surface area contributed by atoms with E-state index in [4.69, 9.17) is 13.9 Å². The first-order chi connectivity index (χ1) is 14.7. The number of phenolic OH excluding ortho intramolecular Hbond substituents is 4. The molecule has 4 atom stereocenters. The molecule has 0 spiro atoms. The van der Waals surface area contributed by atoms with Crippen LogP contribution in [0.2, 0.25) is 0 Å². The predicted octanol–water partition coefficient (Wildman–Crippen LogP) is 0.100. The molecule has 0 radical (unpaired) electrons. The minimum absolute atomic E-state index is 0.0676. The molecule has 1 aliphatic rings. The summed E-state index contributed by atoms with van der Waals surface area (Å²) in [5.41, 5.74) is -1.05. The Morgan fingerprint density at radius 2 is 1.65 bits per heavy atom. The highest BCUT2D eigenvalue weighted by Gasteiger charge is 2.40. The van der Waals surface area contributed by atoms with Crippen LogP contribution in [0.4, 0.5) is 0 Å². The maximum Gasteiger partial charge on any atom is 0.239 e. The number of fused-ring (bicyclic) bond motifs is 1. The van der Waals surface area contributed by atoms with E-state index in [1.807, 2.05) is 0 Å². The first kappa shape index (κ1) is 20.8. The Bertz CT molecular complexity index is 1200. The molecule has 1 unspecified atom stereocenters. The maximum absolute atomic E-state index is 13.1. The maximum atomic E-state index is 13.1. The van der Waals surface area contributed by atoms with E-state index in [0.29, 0.717) is 0 Å². The van der Waals surface area contributed by atoms with Crippen molar-refractivity contribution in [3.05, 3.63) is 40.6 Å². The van der Waals surface area contributed by atoms with Crippen LogP contribution >= 0.6 is 0 Å². The van der Waals surface area contributed by atoms with Gasteiger partial charge < -0.3 is 49.6 Å². The molecule has 0 saturated carbocycles. The van der Waals surface area contributed by atoms with Gasteiger partial charge in [0, 0.05) is 17.7 Å². The van der Waals surface area contributed by atoms with Gasteiger partial charge in [0.1, 0.15) is 40.8 Å². The van der Waals surface area contributed by atoms with Crippen molar-refractivity contribution in [3.8, 4) is 40.1 Å². The molecule has 0 amide bonds. The van der Waals surface area contributed by atoms with Crippen LogP contribution in [0.25, 0.3) is 22.3 Å². The Kier molecular flexibility index (Phi) is 5.11. The van der Waals surface area contributed by atoms with Gasteiger partial charge in [0.25, 0.3) is 0 Å². The molecule has 31 heavy (non-hydrogen) atoms. The fourth-order valence-electron chi connectivity index (χ4n) is 3.23. The van der Waals surface area contributed by atoms with Gasteiger partial charge in [-0.05, 0) is 18.2 Å². The summed E-state index contributed by atoms with van der Waals surface area (Å²) in [7, 11) is 0. The van der Waals surface area contributed by atoms with Crippen molar-refractivity contribution >= 4 is 11.0 Å². The highest BCUT2D eigenvalue weighted by molar-refractivity contribution is 5.88. The van der Waals surface area contributed by atoms with Crippen molar-refractivity contribution in [2.75, 3.05) is 6.61 Å². The Balaban J connectivity index is 1.92. The van der Waals surface area contributed by atoms with Crippen LogP contribution in [-0.4, -0.2) is 67.0 Å². The van der Waals surface area contributed by atoms with E-state index in [9.17, 15) is 40.5 Å². The number of ether oxygens (including phenoxy) is 2. The monoisotopic (exact) mass is 434 g/mol. The third kappa shape index (κ3) is 3.59. The summed E-state index contributed by atoms with van der Waals surface area (Å²) in [5, 5.41) is 68.6. The molecule has 3 aromatic rings. The van der Waals surface area contributed by atoms with E-state index < -0.39 is 59.6 Å². The van der Waals surface area contributed by atoms with Gasteiger partial charge in [-0.3, -0.25) is 4.79 Å². The molecular weight excluding hydrogens is 416 g/mol. The van der Waals surface area contributed by atoms with E-state index in [2.05, 4.69) is 0 Å². The number of benzene rings is 2. The second kappa shape index (κ2) is 7.63. The molecule has 164 valence electrons. The van der Waals surface area contributed by atoms with Crippen molar-refractivity contribution < 1.29 is 49.6 Å². The van der Waals surface area contributed by atoms with Crippen LogP contribution in [0.3, 0.4) is 0 Å². The molecule has 11 nitrogen and oxygen atoms in total. The lowest BCUT2D eigenvalue weighted by molar-refractivity contribution is -0.242. The molecule has 11 heteroatoms. The Labute approximate surface area is 173 Å². The summed E-state index contributed by atoms with van der Waals surface area (Å²) < 4.78 is 16.3. The smallest absolute Gasteiger partial charge is 0.239 e. The summed E-state index contributed by atoms with van der Waals surface area (Å²) in [5.74, 6) is -2.79. The summed E-state index contributed by atoms with van der Waals surface area (Å²) in [6, 6.07) is 5.50. The van der Waals surface area contributed by atoms with Crippen molar-refractivity contribution in [1.29, 1.82) is 0 Å². The molecule has 1 saturated heterocycles. The fraction of sp³-hybridized carbons (Fsp3) is 0.250. The highest BCUT2D eigenvalue weighted by Crippen LogP contribution is 2.39. The SMILES string of the molecule is O=c1c(OC2OC[C@H](O)[C@H](O)[C@@H]2O)c(-c2ccc(O)c(O)c2)oc2cc(O)cc(O)c12. The van der Waals surface area contributed by atoms with Gasteiger partial charge in [-0.15, -0.1) is 0 Å². The molecule has 1 aromatic heterocycles. The standard InChI is InChI=1S/C20H18O11/c21-8-4-11(24)14-13(5-8)30-18(7-1-2-9(22)10(23)3-7)19(16(14)27)31-20-17(28)15(26)12(25)6-29-20/h1-5,12,15,17,20-26,28H,6H2/t12-,15-,17-,20?/m0/s1. The van der Waals surface area contributed by atoms with Crippen LogP contribution < -0.4 is 10.2 Å². The third-order valence-electron chi connectivity index (χ3n) is 4.84. The number of rotatable bonds is 3. The summed E-state index contributed by atoms with van der Waals surface area (Å²) >= 11 is 0. The fourth-order valence-corrected chi connectivity index (χ4v) is 3.23. The molecule has 1 fully saturated rings. The molecule has 7 N–H and O–H groups in total. The van der Waals surface area contributed by atoms with Crippen LogP contribution in [0.5, 0.6) is 28.7 Å². The van der Waals surface area contributed by atoms with Crippen LogP contribution in [-0.2, 0) is 4.74 Å². The van der Waals surface area contributed by atoms with Gasteiger partial charge in [0.15, 0.2) is 17.3 Å². The number of hydrogen-bond donors (Lipinski definition) is 7. The summed E-state index contributed by atoms with van der Waals surface area (Å²) in [6.07, 6.45) is -6.29.